The van der Waals surface area contributed by atoms with Crippen LogP contribution in [0.4, 0.5) is 0 Å². The van der Waals surface area contributed by atoms with Crippen LogP contribution in [0.2, 0.25) is 0 Å². The van der Waals surface area contributed by atoms with Crippen LogP contribution >= 0.6 is 0 Å². The summed E-state index contributed by atoms with van der Waals surface area (Å²) in [4.78, 5) is 11.4. The number of furan rings is 1. The molecule has 0 unspecified atom stereocenters. The first-order valence-electron chi connectivity index (χ1n) is 4.43. The van der Waals surface area contributed by atoms with Gasteiger partial charge >= 0.3 is 5.97 Å². The molecule has 0 aliphatic heterocycles. The Hall–Kier alpha value is -1.97. The topological polar surface area (TPSA) is 59.7 Å². The van der Waals surface area contributed by atoms with Crippen molar-refractivity contribution in [3.63, 3.8) is 0 Å². The second-order valence-corrected chi connectivity index (χ2v) is 3.24. The van der Waals surface area contributed by atoms with Gasteiger partial charge in [-0.2, -0.15) is 0 Å². The van der Waals surface area contributed by atoms with Gasteiger partial charge in [-0.05, 0) is 24.6 Å². The summed E-state index contributed by atoms with van der Waals surface area (Å²) in [5.74, 6) is -0.640. The van der Waals surface area contributed by atoms with E-state index in [0.717, 1.165) is 0 Å². The van der Waals surface area contributed by atoms with E-state index in [-0.39, 0.29) is 11.3 Å². The van der Waals surface area contributed by atoms with Gasteiger partial charge in [0.2, 0.25) is 0 Å². The van der Waals surface area contributed by atoms with Gasteiger partial charge in [-0.25, -0.2) is 4.79 Å². The number of carbonyl (C=O) groups is 1. The van der Waals surface area contributed by atoms with Crippen molar-refractivity contribution in [2.45, 2.75) is 6.92 Å². The Morgan fingerprint density at radius 3 is 2.93 bits per heavy atom. The molecule has 2 aromatic rings. The number of esters is 1. The van der Waals surface area contributed by atoms with Gasteiger partial charge in [-0.15, -0.1) is 0 Å². The zero-order chi connectivity index (χ0) is 11.0. The van der Waals surface area contributed by atoms with Crippen LogP contribution in [-0.2, 0) is 4.74 Å². The predicted molar refractivity (Wildman–Crippen MR) is 54.0 cm³/mol. The van der Waals surface area contributed by atoms with Crippen molar-refractivity contribution >= 4 is 16.9 Å². The molecule has 0 saturated carbocycles. The van der Waals surface area contributed by atoms with Crippen molar-refractivity contribution in [2.75, 3.05) is 7.11 Å². The standard InChI is InChI=1S/C11H10O4/c1-6-5-8-7(3-4-15-8)10(12)9(6)11(13)14-2/h3-5,12H,1-2H3. The van der Waals surface area contributed by atoms with Crippen LogP contribution < -0.4 is 0 Å². The summed E-state index contributed by atoms with van der Waals surface area (Å²) in [5.41, 5.74) is 1.37. The molecule has 0 spiro atoms. The number of hydrogen-bond acceptors (Lipinski definition) is 4. The number of fused-ring (bicyclic) bond motifs is 1. The first kappa shape index (κ1) is 9.58. The van der Waals surface area contributed by atoms with Crippen molar-refractivity contribution in [3.8, 4) is 5.75 Å². The van der Waals surface area contributed by atoms with E-state index >= 15 is 0 Å². The lowest BCUT2D eigenvalue weighted by Crippen LogP contribution is -2.04. The highest BCUT2D eigenvalue weighted by Crippen LogP contribution is 2.32. The fourth-order valence-electron chi connectivity index (χ4n) is 1.58. The van der Waals surface area contributed by atoms with Gasteiger partial charge in [0.1, 0.15) is 16.9 Å². The number of aromatic hydroxyl groups is 1. The number of methoxy groups -OCH3 is 1. The molecular weight excluding hydrogens is 196 g/mol. The summed E-state index contributed by atoms with van der Waals surface area (Å²) < 4.78 is 9.73. The number of benzene rings is 1. The summed E-state index contributed by atoms with van der Waals surface area (Å²) in [6.45, 7) is 1.72. The third-order valence-corrected chi connectivity index (χ3v) is 2.32. The molecule has 2 rings (SSSR count). The first-order valence-corrected chi connectivity index (χ1v) is 4.43. The van der Waals surface area contributed by atoms with Crippen molar-refractivity contribution in [3.05, 3.63) is 29.5 Å². The Labute approximate surface area is 86.1 Å². The Morgan fingerprint density at radius 1 is 1.53 bits per heavy atom. The molecule has 4 nitrogen and oxygen atoms in total. The van der Waals surface area contributed by atoms with Gasteiger partial charge in [0.05, 0.1) is 18.8 Å². The maximum Gasteiger partial charge on any atom is 0.341 e. The van der Waals surface area contributed by atoms with E-state index in [1.54, 1.807) is 19.1 Å². The molecule has 1 aromatic heterocycles. The van der Waals surface area contributed by atoms with Crippen LogP contribution in [-0.4, -0.2) is 18.2 Å². The van der Waals surface area contributed by atoms with Crippen molar-refractivity contribution < 1.29 is 19.1 Å². The van der Waals surface area contributed by atoms with E-state index in [2.05, 4.69) is 4.74 Å². The molecule has 4 heteroatoms. The fraction of sp³-hybridized carbons (Fsp3) is 0.182. The predicted octanol–water partition coefficient (Wildman–Crippen LogP) is 2.23. The van der Waals surface area contributed by atoms with Crippen LogP contribution in [0.15, 0.2) is 22.8 Å². The Balaban J connectivity index is 2.78. The minimum absolute atomic E-state index is 0.0920. The Morgan fingerprint density at radius 2 is 2.27 bits per heavy atom. The second kappa shape index (κ2) is 3.31. The summed E-state index contributed by atoms with van der Waals surface area (Å²) >= 11 is 0. The van der Waals surface area contributed by atoms with Gasteiger partial charge in [0.25, 0.3) is 0 Å². The number of ether oxygens (including phenoxy) is 1. The minimum atomic E-state index is -0.548. The third-order valence-electron chi connectivity index (χ3n) is 2.32. The molecule has 0 aliphatic rings. The molecule has 1 N–H and O–H groups in total. The summed E-state index contributed by atoms with van der Waals surface area (Å²) in [6, 6.07) is 3.30. The van der Waals surface area contributed by atoms with Crippen LogP contribution in [0.25, 0.3) is 11.0 Å². The summed E-state index contributed by atoms with van der Waals surface area (Å²) in [6.07, 6.45) is 1.46. The largest absolute Gasteiger partial charge is 0.506 e. The quantitative estimate of drug-likeness (QED) is 0.727. The highest BCUT2D eigenvalue weighted by molar-refractivity contribution is 6.01. The average molecular weight is 206 g/mol. The molecule has 0 radical (unpaired) electrons. The SMILES string of the molecule is COC(=O)c1c(C)cc2occc2c1O. The fourth-order valence-corrected chi connectivity index (χ4v) is 1.58. The van der Waals surface area contributed by atoms with E-state index in [1.807, 2.05) is 0 Å². The van der Waals surface area contributed by atoms with Gasteiger partial charge in [-0.1, -0.05) is 0 Å². The van der Waals surface area contributed by atoms with Gasteiger partial charge in [0.15, 0.2) is 0 Å². The first-order chi connectivity index (χ1) is 7.15. The number of hydrogen-bond donors (Lipinski definition) is 1. The average Bonchev–Trinajstić information content (AvgIpc) is 2.65. The molecule has 0 fully saturated rings. The summed E-state index contributed by atoms with van der Waals surface area (Å²) in [5, 5.41) is 10.4. The van der Waals surface area contributed by atoms with Crippen LogP contribution in [0, 0.1) is 6.92 Å². The monoisotopic (exact) mass is 206 g/mol. The number of phenolic OH excluding ortho intramolecular Hbond substituents is 1. The van der Waals surface area contributed by atoms with Gasteiger partial charge < -0.3 is 14.3 Å². The van der Waals surface area contributed by atoms with Crippen LogP contribution in [0.3, 0.4) is 0 Å². The molecule has 0 atom stereocenters. The molecule has 78 valence electrons. The number of rotatable bonds is 1. The van der Waals surface area contributed by atoms with Gasteiger partial charge in [-0.3, -0.25) is 0 Å². The lowest BCUT2D eigenvalue weighted by atomic mass is 10.0. The number of phenols is 1. The van der Waals surface area contributed by atoms with E-state index in [4.69, 9.17) is 4.42 Å². The Bertz CT molecular complexity index is 525. The zero-order valence-corrected chi connectivity index (χ0v) is 8.40. The Kier molecular flexibility index (Phi) is 2.11. The summed E-state index contributed by atoms with van der Waals surface area (Å²) in [7, 11) is 1.28. The molecule has 0 saturated heterocycles. The lowest BCUT2D eigenvalue weighted by Gasteiger charge is -2.06. The maximum absolute atomic E-state index is 11.4. The molecule has 0 amide bonds. The van der Waals surface area contributed by atoms with Gasteiger partial charge in [0, 0.05) is 0 Å². The van der Waals surface area contributed by atoms with Crippen LogP contribution in [0.1, 0.15) is 15.9 Å². The van der Waals surface area contributed by atoms with E-state index in [1.165, 1.54) is 13.4 Å². The van der Waals surface area contributed by atoms with E-state index in [0.29, 0.717) is 16.5 Å². The zero-order valence-electron chi connectivity index (χ0n) is 8.40. The smallest absolute Gasteiger partial charge is 0.341 e. The molecule has 1 aromatic carbocycles. The number of aryl methyl sites for hydroxylation is 1. The minimum Gasteiger partial charge on any atom is -0.506 e. The highest BCUT2D eigenvalue weighted by Gasteiger charge is 2.18. The van der Waals surface area contributed by atoms with Crippen molar-refractivity contribution in [1.82, 2.24) is 0 Å². The highest BCUT2D eigenvalue weighted by atomic mass is 16.5. The molecule has 0 bridgehead atoms. The lowest BCUT2D eigenvalue weighted by molar-refractivity contribution is 0.0597. The molecule has 0 aliphatic carbocycles. The third kappa shape index (κ3) is 1.34. The molecule has 15 heavy (non-hydrogen) atoms. The van der Waals surface area contributed by atoms with E-state index < -0.39 is 5.97 Å². The molecule has 1 heterocycles. The van der Waals surface area contributed by atoms with Crippen LogP contribution in [0.5, 0.6) is 5.75 Å². The van der Waals surface area contributed by atoms with Crippen molar-refractivity contribution in [2.24, 2.45) is 0 Å². The van der Waals surface area contributed by atoms with Crippen molar-refractivity contribution in [1.29, 1.82) is 0 Å². The maximum atomic E-state index is 11.4. The molecular formula is C11H10O4. The second-order valence-electron chi connectivity index (χ2n) is 3.24. The van der Waals surface area contributed by atoms with E-state index in [9.17, 15) is 9.90 Å². The normalized spacial score (nSPS) is 10.5. The number of carbonyl (C=O) groups excluding carboxylic acids is 1.